The monoisotopic (exact) mass is 356 g/mol. The minimum atomic E-state index is 0. The summed E-state index contributed by atoms with van der Waals surface area (Å²) in [4.78, 5) is 16.7. The van der Waals surface area contributed by atoms with Crippen LogP contribution in [-0.4, -0.2) is 12.2 Å². The fourth-order valence-corrected chi connectivity index (χ4v) is 2.62. The van der Waals surface area contributed by atoms with E-state index >= 15 is 0 Å². The second-order valence-corrected chi connectivity index (χ2v) is 6.15. The molecular weight excluding hydrogens is 312 g/mol. The molecule has 0 aliphatic carbocycles. The van der Waals surface area contributed by atoms with Crippen molar-refractivity contribution in [1.29, 1.82) is 10.8 Å². The Morgan fingerprint density at radius 3 is 0.720 bits per heavy atom. The molecule has 0 radical (unpaired) electrons. The predicted octanol–water partition coefficient (Wildman–Crippen LogP) is 7.71. The number of hydrogen-bond acceptors (Lipinski definition) is 4. The molecule has 0 aromatic heterocycles. The predicted molar refractivity (Wildman–Crippen MR) is 109 cm³/mol. The molecule has 25 heavy (non-hydrogen) atoms. The third-order valence-electron chi connectivity index (χ3n) is 3.96. The average molecular weight is 357 g/mol. The van der Waals surface area contributed by atoms with Crippen LogP contribution in [0.15, 0.2) is 0 Å². The summed E-state index contributed by atoms with van der Waals surface area (Å²) in [6.45, 7) is 4.59. The minimum Gasteiger partial charge on any atom is -0.222 e. The van der Waals surface area contributed by atoms with Crippen molar-refractivity contribution < 1.29 is 9.59 Å². The molecule has 0 aromatic rings. The molecule has 0 aromatic carbocycles. The van der Waals surface area contributed by atoms with Crippen molar-refractivity contribution >= 4 is 12.2 Å². The zero-order chi connectivity index (χ0) is 18.7. The van der Waals surface area contributed by atoms with E-state index in [1.54, 1.807) is 0 Å². The number of nitrogens with one attached hydrogen (secondary N) is 2. The van der Waals surface area contributed by atoms with E-state index in [0.29, 0.717) is 0 Å². The molecule has 150 valence electrons. The van der Waals surface area contributed by atoms with E-state index in [0.717, 1.165) is 12.2 Å². The maximum atomic E-state index is 8.35. The first-order chi connectivity index (χ1) is 11.7. The highest BCUT2D eigenvalue weighted by molar-refractivity contribution is 5.26. The van der Waals surface area contributed by atoms with Crippen molar-refractivity contribution in [3.63, 3.8) is 0 Å². The number of unbranched alkanes of at least 4 members (excludes halogenated alkanes) is 15. The van der Waals surface area contributed by atoms with Crippen molar-refractivity contribution in [2.24, 2.45) is 0 Å². The smallest absolute Gasteiger partial charge is 0.222 e. The highest BCUT2D eigenvalue weighted by Crippen LogP contribution is 2.13. The van der Waals surface area contributed by atoms with Crippen LogP contribution in [0.2, 0.25) is 0 Å². The van der Waals surface area contributed by atoms with Crippen LogP contribution in [-0.2, 0) is 9.59 Å². The van der Waals surface area contributed by atoms with Crippen molar-refractivity contribution in [2.75, 3.05) is 0 Å². The lowest BCUT2D eigenvalue weighted by atomic mass is 10.0. The van der Waals surface area contributed by atoms with Gasteiger partial charge in [-0.1, -0.05) is 124 Å². The Kier molecular flexibility index (Phi) is 48.4. The second kappa shape index (κ2) is 38.4. The maximum absolute atomic E-state index is 8.35. The Hall–Kier alpha value is -1.24. The lowest BCUT2D eigenvalue weighted by molar-refractivity contribution is 0.531. The molecule has 4 nitrogen and oxygen atoms in total. The third-order valence-corrected chi connectivity index (χ3v) is 3.96. The fraction of sp³-hybridized carbons (Fsp3) is 0.905. The highest BCUT2D eigenvalue weighted by atomic mass is 16.1. The van der Waals surface area contributed by atoms with Gasteiger partial charge in [0.25, 0.3) is 0 Å². The zero-order valence-corrected chi connectivity index (χ0v) is 16.1. The first-order valence-corrected chi connectivity index (χ1v) is 9.82. The summed E-state index contributed by atoms with van der Waals surface area (Å²) in [7, 11) is 0. The van der Waals surface area contributed by atoms with E-state index < -0.39 is 0 Å². The summed E-state index contributed by atoms with van der Waals surface area (Å²) in [5.41, 5.74) is 0. The molecule has 2 N–H and O–H groups in total. The van der Waals surface area contributed by atoms with Gasteiger partial charge in [0, 0.05) is 0 Å². The van der Waals surface area contributed by atoms with Crippen LogP contribution in [0.5, 0.6) is 0 Å². The molecule has 0 aliphatic rings. The second-order valence-electron chi connectivity index (χ2n) is 6.15. The van der Waals surface area contributed by atoms with Gasteiger partial charge in [-0.3, -0.25) is 0 Å². The standard InChI is InChI=1S/C18H38.2CHNO.CH4/c1-3-5-7-9-11-13-15-17-18-16-14-12-10-8-6-4-2;2*2-1-3;/h3-18H2,1-2H3;2*2H;1H4. The Bertz CT molecular complexity index is 241. The van der Waals surface area contributed by atoms with E-state index in [-0.39, 0.29) is 7.43 Å². The van der Waals surface area contributed by atoms with Gasteiger partial charge in [-0.05, 0) is 0 Å². The van der Waals surface area contributed by atoms with Crippen molar-refractivity contribution in [2.45, 2.75) is 124 Å². The summed E-state index contributed by atoms with van der Waals surface area (Å²) in [6, 6.07) is 0. The van der Waals surface area contributed by atoms with E-state index in [1.165, 1.54) is 103 Å². The Morgan fingerprint density at radius 2 is 0.600 bits per heavy atom. The fourth-order valence-electron chi connectivity index (χ4n) is 2.62. The summed E-state index contributed by atoms with van der Waals surface area (Å²) in [5.74, 6) is 0. The van der Waals surface area contributed by atoms with Crippen LogP contribution < -0.4 is 0 Å². The van der Waals surface area contributed by atoms with Gasteiger partial charge < -0.3 is 0 Å². The van der Waals surface area contributed by atoms with Crippen LogP contribution in [0, 0.1) is 10.8 Å². The molecular formula is C21H44N2O2. The van der Waals surface area contributed by atoms with Gasteiger partial charge in [-0.2, -0.15) is 0 Å². The molecule has 0 atom stereocenters. The van der Waals surface area contributed by atoms with Gasteiger partial charge in [-0.25, -0.2) is 20.4 Å². The number of carbonyl (C=O) groups excluding carboxylic acids is 2. The maximum Gasteiger partial charge on any atom is 0.231 e. The number of rotatable bonds is 15. The molecule has 4 heteroatoms. The van der Waals surface area contributed by atoms with Crippen LogP contribution in [0.4, 0.5) is 0 Å². The van der Waals surface area contributed by atoms with Crippen molar-refractivity contribution in [1.82, 2.24) is 0 Å². The molecule has 0 unspecified atom stereocenters. The van der Waals surface area contributed by atoms with E-state index in [9.17, 15) is 0 Å². The number of hydrogen-bond donors (Lipinski definition) is 2. The average Bonchev–Trinajstić information content (AvgIpc) is 2.57. The minimum absolute atomic E-state index is 0. The van der Waals surface area contributed by atoms with Gasteiger partial charge in [0.1, 0.15) is 0 Å². The van der Waals surface area contributed by atoms with Crippen LogP contribution >= 0.6 is 0 Å². The topological polar surface area (TPSA) is 81.8 Å². The number of isocyanates is 2. The first-order valence-electron chi connectivity index (χ1n) is 9.82. The molecule has 0 heterocycles. The molecule has 0 spiro atoms. The molecule has 0 rings (SSSR count). The first kappa shape index (κ1) is 31.5. The summed E-state index contributed by atoms with van der Waals surface area (Å²) in [6.07, 6.45) is 24.9. The molecule has 0 fully saturated rings. The lowest BCUT2D eigenvalue weighted by Gasteiger charge is -2.03. The van der Waals surface area contributed by atoms with Gasteiger partial charge >= 0.3 is 0 Å². The van der Waals surface area contributed by atoms with Gasteiger partial charge in [0.15, 0.2) is 0 Å². The summed E-state index contributed by atoms with van der Waals surface area (Å²) < 4.78 is 0. The van der Waals surface area contributed by atoms with E-state index in [1.807, 2.05) is 0 Å². The lowest BCUT2D eigenvalue weighted by Crippen LogP contribution is -1.83. The van der Waals surface area contributed by atoms with Crippen LogP contribution in [0.3, 0.4) is 0 Å². The summed E-state index contributed by atoms with van der Waals surface area (Å²) >= 11 is 0. The van der Waals surface area contributed by atoms with Gasteiger partial charge in [-0.15, -0.1) is 0 Å². The quantitative estimate of drug-likeness (QED) is 0.179. The normalized spacial score (nSPS) is 8.56. The largest absolute Gasteiger partial charge is 0.231 e. The van der Waals surface area contributed by atoms with E-state index in [4.69, 9.17) is 20.4 Å². The Morgan fingerprint density at radius 1 is 0.480 bits per heavy atom. The van der Waals surface area contributed by atoms with E-state index in [2.05, 4.69) is 13.8 Å². The van der Waals surface area contributed by atoms with Gasteiger partial charge in [0.2, 0.25) is 12.2 Å². The van der Waals surface area contributed by atoms with Crippen LogP contribution in [0.1, 0.15) is 124 Å². The SMILES string of the molecule is C.CCCCCCCCCCCCCCCCCC.N=C=O.N=C=O. The van der Waals surface area contributed by atoms with Crippen molar-refractivity contribution in [3.8, 4) is 0 Å². The molecule has 0 aliphatic heterocycles. The molecule has 0 amide bonds. The molecule has 0 saturated carbocycles. The molecule has 0 bridgehead atoms. The van der Waals surface area contributed by atoms with Crippen molar-refractivity contribution in [3.05, 3.63) is 0 Å². The Labute approximate surface area is 157 Å². The summed E-state index contributed by atoms with van der Waals surface area (Å²) in [5, 5.41) is 10.8. The van der Waals surface area contributed by atoms with Crippen LogP contribution in [0.25, 0.3) is 0 Å². The zero-order valence-electron chi connectivity index (χ0n) is 16.1. The highest BCUT2D eigenvalue weighted by Gasteiger charge is 1.93. The molecule has 0 saturated heterocycles. The van der Waals surface area contributed by atoms with Gasteiger partial charge in [0.05, 0.1) is 0 Å². The third kappa shape index (κ3) is 51.8. The Balaban J connectivity index is -0.000000274.